The predicted octanol–water partition coefficient (Wildman–Crippen LogP) is 2.21. The summed E-state index contributed by atoms with van der Waals surface area (Å²) < 4.78 is 5.15. The van der Waals surface area contributed by atoms with E-state index < -0.39 is 5.97 Å². The third kappa shape index (κ3) is 2.79. The maximum Gasteiger partial charge on any atom is 0.356 e. The van der Waals surface area contributed by atoms with Crippen LogP contribution in [0, 0.1) is 0 Å². The number of ether oxygens (including phenoxy) is 1. The maximum atomic E-state index is 10.9. The monoisotopic (exact) mass is 302 g/mol. The number of nitrogens with zero attached hydrogens (tertiary/aromatic N) is 3. The molecule has 8 heteroatoms. The van der Waals surface area contributed by atoms with E-state index in [4.69, 9.17) is 9.84 Å². The summed E-state index contributed by atoms with van der Waals surface area (Å²) in [6, 6.07) is 5.50. The molecule has 0 fully saturated rings. The van der Waals surface area contributed by atoms with Gasteiger partial charge in [0.25, 0.3) is 0 Å². The highest BCUT2D eigenvalue weighted by Crippen LogP contribution is 2.27. The topological polar surface area (TPSA) is 101 Å². The van der Waals surface area contributed by atoms with Crippen molar-refractivity contribution in [2.45, 2.75) is 10.2 Å². The lowest BCUT2D eigenvalue weighted by molar-refractivity contribution is 0.0689. The predicted molar refractivity (Wildman–Crippen MR) is 75.8 cm³/mol. The lowest BCUT2D eigenvalue weighted by atomic mass is 10.3. The summed E-state index contributed by atoms with van der Waals surface area (Å²) >= 11 is 1.21. The zero-order chi connectivity index (χ0) is 14.8. The van der Waals surface area contributed by atoms with Crippen LogP contribution in [0.1, 0.15) is 10.5 Å². The highest BCUT2D eigenvalue weighted by Gasteiger charge is 2.10. The highest BCUT2D eigenvalue weighted by molar-refractivity contribution is 7.99. The van der Waals surface area contributed by atoms with E-state index in [1.807, 2.05) is 18.2 Å². The van der Waals surface area contributed by atoms with Crippen molar-refractivity contribution in [2.24, 2.45) is 0 Å². The van der Waals surface area contributed by atoms with Gasteiger partial charge in [-0.1, -0.05) is 0 Å². The number of rotatable bonds is 4. The summed E-state index contributed by atoms with van der Waals surface area (Å²) in [7, 11) is 1.60. The molecule has 7 nitrogen and oxygen atoms in total. The molecule has 106 valence electrons. The number of aromatic nitrogens is 4. The summed E-state index contributed by atoms with van der Waals surface area (Å²) in [6.45, 7) is 0. The number of nitrogens with one attached hydrogen (secondary N) is 1. The Morgan fingerprint density at radius 1 is 1.33 bits per heavy atom. The Bertz CT molecular complexity index is 818. The van der Waals surface area contributed by atoms with Gasteiger partial charge < -0.3 is 14.8 Å². The van der Waals surface area contributed by atoms with Crippen LogP contribution in [0.5, 0.6) is 5.75 Å². The summed E-state index contributed by atoms with van der Waals surface area (Å²) in [5.74, 6) is -0.380. The summed E-state index contributed by atoms with van der Waals surface area (Å²) in [5.41, 5.74) is 1.53. The number of benzene rings is 1. The Labute approximate surface area is 123 Å². The van der Waals surface area contributed by atoms with Crippen LogP contribution in [0.15, 0.2) is 40.8 Å². The number of carboxylic acid groups (broad SMARTS) is 1. The van der Waals surface area contributed by atoms with E-state index in [1.54, 1.807) is 7.11 Å². The van der Waals surface area contributed by atoms with Crippen LogP contribution < -0.4 is 4.74 Å². The Hall–Kier alpha value is -2.61. The van der Waals surface area contributed by atoms with E-state index in [2.05, 4.69) is 19.9 Å². The van der Waals surface area contributed by atoms with Gasteiger partial charge in [-0.2, -0.15) is 0 Å². The number of carbonyl (C=O) groups is 1. The summed E-state index contributed by atoms with van der Waals surface area (Å²) in [4.78, 5) is 26.2. The fourth-order valence-electron chi connectivity index (χ4n) is 1.74. The number of H-pyrrole nitrogens is 1. The van der Waals surface area contributed by atoms with Crippen LogP contribution in [0.4, 0.5) is 0 Å². The molecule has 2 N–H and O–H groups in total. The fourth-order valence-corrected chi connectivity index (χ4v) is 2.50. The van der Waals surface area contributed by atoms with E-state index in [0.29, 0.717) is 10.2 Å². The average molecular weight is 302 g/mol. The molecular formula is C13H10N4O3S. The van der Waals surface area contributed by atoms with E-state index >= 15 is 0 Å². The summed E-state index contributed by atoms with van der Waals surface area (Å²) in [6.07, 6.45) is 2.70. The molecule has 0 atom stereocenters. The van der Waals surface area contributed by atoms with Gasteiger partial charge in [0, 0.05) is 6.07 Å². The quantitative estimate of drug-likeness (QED) is 0.761. The van der Waals surface area contributed by atoms with Crippen molar-refractivity contribution in [3.63, 3.8) is 0 Å². The minimum atomic E-state index is -1.11. The second-order valence-corrected chi connectivity index (χ2v) is 5.08. The van der Waals surface area contributed by atoms with E-state index in [0.717, 1.165) is 16.8 Å². The van der Waals surface area contributed by atoms with Crippen molar-refractivity contribution in [3.05, 3.63) is 36.3 Å². The van der Waals surface area contributed by atoms with Gasteiger partial charge in [-0.3, -0.25) is 4.98 Å². The molecule has 3 aromatic rings. The number of aromatic amines is 1. The number of carboxylic acids is 1. The minimum Gasteiger partial charge on any atom is -0.497 e. The Morgan fingerprint density at radius 3 is 2.95 bits per heavy atom. The van der Waals surface area contributed by atoms with E-state index in [9.17, 15) is 4.79 Å². The van der Waals surface area contributed by atoms with Crippen LogP contribution in [0.2, 0.25) is 0 Å². The molecule has 1 aromatic carbocycles. The Morgan fingerprint density at radius 2 is 2.19 bits per heavy atom. The molecule has 0 bridgehead atoms. The van der Waals surface area contributed by atoms with Gasteiger partial charge in [0.2, 0.25) is 0 Å². The maximum absolute atomic E-state index is 10.9. The van der Waals surface area contributed by atoms with Crippen LogP contribution >= 0.6 is 11.8 Å². The zero-order valence-electron chi connectivity index (χ0n) is 10.9. The van der Waals surface area contributed by atoms with E-state index in [-0.39, 0.29) is 5.69 Å². The van der Waals surface area contributed by atoms with Crippen LogP contribution in [-0.2, 0) is 0 Å². The van der Waals surface area contributed by atoms with Crippen molar-refractivity contribution in [3.8, 4) is 5.75 Å². The van der Waals surface area contributed by atoms with Gasteiger partial charge in [0.05, 0.1) is 30.5 Å². The number of methoxy groups -OCH3 is 1. The van der Waals surface area contributed by atoms with Gasteiger partial charge in [-0.05, 0) is 23.9 Å². The molecule has 0 spiro atoms. The summed E-state index contributed by atoms with van der Waals surface area (Å²) in [5, 5.41) is 9.96. The number of fused-ring (bicyclic) bond motifs is 1. The number of imidazole rings is 1. The molecule has 0 aliphatic heterocycles. The van der Waals surface area contributed by atoms with Gasteiger partial charge >= 0.3 is 5.97 Å². The van der Waals surface area contributed by atoms with Crippen LogP contribution in [0.3, 0.4) is 0 Å². The van der Waals surface area contributed by atoms with Crippen molar-refractivity contribution < 1.29 is 14.6 Å². The van der Waals surface area contributed by atoms with Crippen molar-refractivity contribution in [1.82, 2.24) is 19.9 Å². The molecule has 21 heavy (non-hydrogen) atoms. The number of aromatic carboxylic acids is 1. The molecule has 0 unspecified atom stereocenters. The third-order valence-electron chi connectivity index (χ3n) is 2.70. The van der Waals surface area contributed by atoms with Crippen LogP contribution in [0.25, 0.3) is 11.0 Å². The molecule has 0 radical (unpaired) electrons. The van der Waals surface area contributed by atoms with E-state index in [1.165, 1.54) is 24.2 Å². The molecule has 0 amide bonds. The Balaban J connectivity index is 1.91. The smallest absolute Gasteiger partial charge is 0.356 e. The normalized spacial score (nSPS) is 10.7. The standard InChI is InChI=1S/C13H10N4O3S/c1-20-7-2-3-8-9(4-7)17-13(16-8)21-11-6-14-5-10(15-11)12(18)19/h2-6H,1H3,(H,16,17)(H,18,19). The van der Waals surface area contributed by atoms with Crippen molar-refractivity contribution in [1.29, 1.82) is 0 Å². The van der Waals surface area contributed by atoms with Gasteiger partial charge in [-0.25, -0.2) is 14.8 Å². The number of hydrogen-bond acceptors (Lipinski definition) is 6. The lowest BCUT2D eigenvalue weighted by Crippen LogP contribution is -2.01. The SMILES string of the molecule is COc1ccc2nc(Sc3cncc(C(=O)O)n3)[nH]c2c1. The Kier molecular flexibility index (Phi) is 3.44. The van der Waals surface area contributed by atoms with Gasteiger partial charge in [-0.15, -0.1) is 0 Å². The molecule has 0 aliphatic rings. The number of hydrogen-bond donors (Lipinski definition) is 2. The molecule has 2 aromatic heterocycles. The zero-order valence-corrected chi connectivity index (χ0v) is 11.7. The van der Waals surface area contributed by atoms with Crippen molar-refractivity contribution in [2.75, 3.05) is 7.11 Å². The second kappa shape index (κ2) is 5.41. The first-order valence-electron chi connectivity index (χ1n) is 5.92. The first kappa shape index (κ1) is 13.4. The molecule has 2 heterocycles. The van der Waals surface area contributed by atoms with Gasteiger partial charge in [0.15, 0.2) is 10.9 Å². The fraction of sp³-hybridized carbons (Fsp3) is 0.0769. The first-order valence-corrected chi connectivity index (χ1v) is 6.74. The highest BCUT2D eigenvalue weighted by atomic mass is 32.2. The van der Waals surface area contributed by atoms with Crippen molar-refractivity contribution >= 4 is 28.8 Å². The molecule has 3 rings (SSSR count). The second-order valence-electron chi connectivity index (χ2n) is 4.07. The molecule has 0 saturated heterocycles. The average Bonchev–Trinajstić information content (AvgIpc) is 2.88. The molecular weight excluding hydrogens is 292 g/mol. The first-order chi connectivity index (χ1) is 10.2. The minimum absolute atomic E-state index is 0.0993. The van der Waals surface area contributed by atoms with Gasteiger partial charge in [0.1, 0.15) is 10.8 Å². The largest absolute Gasteiger partial charge is 0.497 e. The third-order valence-corrected chi connectivity index (χ3v) is 3.49. The lowest BCUT2D eigenvalue weighted by Gasteiger charge is -1.98. The molecule has 0 aliphatic carbocycles. The van der Waals surface area contributed by atoms with Crippen LogP contribution in [-0.4, -0.2) is 38.1 Å². The molecule has 0 saturated carbocycles.